The summed E-state index contributed by atoms with van der Waals surface area (Å²) in [5, 5.41) is 5.37. The Hall–Kier alpha value is -2.69. The molecular formula is C23H28N4O. The van der Waals surface area contributed by atoms with Gasteiger partial charge in [0, 0.05) is 36.3 Å². The molecule has 28 heavy (non-hydrogen) atoms. The van der Waals surface area contributed by atoms with E-state index in [1.54, 1.807) is 0 Å². The lowest BCUT2D eigenvalue weighted by atomic mass is 9.98. The third-order valence-corrected chi connectivity index (χ3v) is 5.57. The SMILES string of the molecule is Cc1ccc2c(C(=O)N3CCC[C@H](C)C3)cc(-c3cnn(C(C)C)c3)nc2c1. The van der Waals surface area contributed by atoms with Crippen molar-refractivity contribution in [3.8, 4) is 11.3 Å². The zero-order chi connectivity index (χ0) is 19.8. The van der Waals surface area contributed by atoms with E-state index in [0.717, 1.165) is 52.8 Å². The van der Waals surface area contributed by atoms with E-state index in [-0.39, 0.29) is 11.9 Å². The summed E-state index contributed by atoms with van der Waals surface area (Å²) in [6.45, 7) is 10.1. The largest absolute Gasteiger partial charge is 0.338 e. The first kappa shape index (κ1) is 18.7. The highest BCUT2D eigenvalue weighted by Gasteiger charge is 2.24. The van der Waals surface area contributed by atoms with Crippen molar-refractivity contribution in [3.05, 3.63) is 47.8 Å². The van der Waals surface area contributed by atoms with E-state index in [0.29, 0.717) is 5.92 Å². The van der Waals surface area contributed by atoms with Crippen LogP contribution in [-0.2, 0) is 0 Å². The molecule has 1 aliphatic rings. The molecule has 1 atom stereocenters. The van der Waals surface area contributed by atoms with Crippen LogP contribution >= 0.6 is 0 Å². The van der Waals surface area contributed by atoms with Crippen LogP contribution in [0.3, 0.4) is 0 Å². The topological polar surface area (TPSA) is 51.0 Å². The van der Waals surface area contributed by atoms with Gasteiger partial charge in [-0.1, -0.05) is 19.1 Å². The van der Waals surface area contributed by atoms with E-state index >= 15 is 0 Å². The first-order chi connectivity index (χ1) is 13.4. The number of carbonyl (C=O) groups excluding carboxylic acids is 1. The molecule has 5 nitrogen and oxygen atoms in total. The van der Waals surface area contributed by atoms with Crippen LogP contribution in [0.4, 0.5) is 0 Å². The molecule has 3 heterocycles. The second-order valence-corrected chi connectivity index (χ2v) is 8.38. The predicted octanol–water partition coefficient (Wildman–Crippen LogP) is 4.86. The number of benzene rings is 1. The predicted molar refractivity (Wildman–Crippen MR) is 112 cm³/mol. The number of likely N-dealkylation sites (tertiary alicyclic amines) is 1. The minimum Gasteiger partial charge on any atom is -0.338 e. The van der Waals surface area contributed by atoms with Gasteiger partial charge in [-0.25, -0.2) is 4.98 Å². The Morgan fingerprint density at radius 1 is 1.25 bits per heavy atom. The lowest BCUT2D eigenvalue weighted by Gasteiger charge is -2.31. The molecule has 1 aromatic carbocycles. The van der Waals surface area contributed by atoms with E-state index in [2.05, 4.69) is 44.9 Å². The molecular weight excluding hydrogens is 348 g/mol. The van der Waals surface area contributed by atoms with Crippen molar-refractivity contribution in [1.82, 2.24) is 19.7 Å². The maximum absolute atomic E-state index is 13.4. The smallest absolute Gasteiger partial charge is 0.254 e. The molecule has 1 fully saturated rings. The maximum Gasteiger partial charge on any atom is 0.254 e. The van der Waals surface area contributed by atoms with Crippen LogP contribution in [0.5, 0.6) is 0 Å². The van der Waals surface area contributed by atoms with E-state index in [9.17, 15) is 4.79 Å². The van der Waals surface area contributed by atoms with E-state index in [1.807, 2.05) is 34.1 Å². The van der Waals surface area contributed by atoms with Crippen molar-refractivity contribution in [3.63, 3.8) is 0 Å². The average molecular weight is 377 g/mol. The number of nitrogens with zero attached hydrogens (tertiary/aromatic N) is 4. The fourth-order valence-corrected chi connectivity index (χ4v) is 3.96. The summed E-state index contributed by atoms with van der Waals surface area (Å²) < 4.78 is 1.92. The van der Waals surface area contributed by atoms with Gasteiger partial charge in [0.1, 0.15) is 0 Å². The van der Waals surface area contributed by atoms with Gasteiger partial charge in [0.2, 0.25) is 0 Å². The number of piperidine rings is 1. The summed E-state index contributed by atoms with van der Waals surface area (Å²) in [7, 11) is 0. The molecule has 0 bridgehead atoms. The van der Waals surface area contributed by atoms with Crippen molar-refractivity contribution in [2.24, 2.45) is 5.92 Å². The average Bonchev–Trinajstić information content (AvgIpc) is 3.17. The van der Waals surface area contributed by atoms with Gasteiger partial charge in [-0.05, 0) is 57.2 Å². The molecule has 0 radical (unpaired) electrons. The number of hydrogen-bond acceptors (Lipinski definition) is 3. The van der Waals surface area contributed by atoms with Gasteiger partial charge < -0.3 is 4.90 Å². The second kappa shape index (κ2) is 7.38. The highest BCUT2D eigenvalue weighted by Crippen LogP contribution is 2.28. The summed E-state index contributed by atoms with van der Waals surface area (Å²) in [6.07, 6.45) is 6.11. The summed E-state index contributed by atoms with van der Waals surface area (Å²) in [5.41, 5.74) is 4.49. The molecule has 2 aromatic heterocycles. The van der Waals surface area contributed by atoms with Crippen LogP contribution in [0.15, 0.2) is 36.7 Å². The Bertz CT molecular complexity index is 1020. The van der Waals surface area contributed by atoms with Gasteiger partial charge >= 0.3 is 0 Å². The van der Waals surface area contributed by atoms with Gasteiger partial charge in [-0.2, -0.15) is 5.10 Å². The minimum absolute atomic E-state index is 0.111. The molecule has 3 aromatic rings. The summed E-state index contributed by atoms with van der Waals surface area (Å²) in [4.78, 5) is 20.3. The number of carbonyl (C=O) groups is 1. The van der Waals surface area contributed by atoms with Crippen molar-refractivity contribution >= 4 is 16.8 Å². The first-order valence-electron chi connectivity index (χ1n) is 10.2. The van der Waals surface area contributed by atoms with Gasteiger partial charge in [0.05, 0.1) is 23.0 Å². The summed E-state index contributed by atoms with van der Waals surface area (Å²) in [5.74, 6) is 0.664. The Morgan fingerprint density at radius 3 is 2.79 bits per heavy atom. The van der Waals surface area contributed by atoms with Crippen LogP contribution in [-0.4, -0.2) is 38.7 Å². The monoisotopic (exact) mass is 376 g/mol. The van der Waals surface area contributed by atoms with Crippen LogP contribution in [0.2, 0.25) is 0 Å². The maximum atomic E-state index is 13.4. The molecule has 0 saturated carbocycles. The van der Waals surface area contributed by atoms with Crippen molar-refractivity contribution in [1.29, 1.82) is 0 Å². The number of pyridine rings is 1. The number of fused-ring (bicyclic) bond motifs is 1. The van der Waals surface area contributed by atoms with E-state index in [1.165, 1.54) is 6.42 Å². The first-order valence-corrected chi connectivity index (χ1v) is 10.2. The highest BCUT2D eigenvalue weighted by molar-refractivity contribution is 6.07. The zero-order valence-electron chi connectivity index (χ0n) is 17.1. The molecule has 0 spiro atoms. The Labute approximate surface area is 166 Å². The zero-order valence-corrected chi connectivity index (χ0v) is 17.1. The lowest BCUT2D eigenvalue weighted by molar-refractivity contribution is 0.0685. The molecule has 0 unspecified atom stereocenters. The van der Waals surface area contributed by atoms with Crippen LogP contribution in [0.25, 0.3) is 22.2 Å². The molecule has 4 rings (SSSR count). The van der Waals surface area contributed by atoms with Crippen molar-refractivity contribution in [2.45, 2.75) is 46.6 Å². The molecule has 1 amide bonds. The molecule has 0 aliphatic carbocycles. The van der Waals surface area contributed by atoms with Gasteiger partial charge in [0.15, 0.2) is 0 Å². The number of rotatable bonds is 3. The number of amides is 1. The molecule has 0 N–H and O–H groups in total. The van der Waals surface area contributed by atoms with E-state index in [4.69, 9.17) is 4.98 Å². The summed E-state index contributed by atoms with van der Waals surface area (Å²) >= 11 is 0. The number of hydrogen-bond donors (Lipinski definition) is 0. The number of aryl methyl sites for hydroxylation is 1. The third kappa shape index (κ3) is 3.53. The molecule has 1 aliphatic heterocycles. The third-order valence-electron chi connectivity index (χ3n) is 5.57. The minimum atomic E-state index is 0.111. The van der Waals surface area contributed by atoms with Gasteiger partial charge in [-0.3, -0.25) is 9.48 Å². The Morgan fingerprint density at radius 2 is 2.07 bits per heavy atom. The van der Waals surface area contributed by atoms with Crippen LogP contribution in [0, 0.1) is 12.8 Å². The summed E-state index contributed by atoms with van der Waals surface area (Å²) in [6, 6.07) is 8.37. The number of aromatic nitrogens is 3. The van der Waals surface area contributed by atoms with Crippen molar-refractivity contribution in [2.75, 3.05) is 13.1 Å². The van der Waals surface area contributed by atoms with Gasteiger partial charge in [-0.15, -0.1) is 0 Å². The van der Waals surface area contributed by atoms with Crippen LogP contribution in [0.1, 0.15) is 55.6 Å². The fraction of sp³-hybridized carbons (Fsp3) is 0.435. The standard InChI is InChI=1S/C23H28N4O/c1-15(2)27-14-18(12-24-27)21-11-20(19-8-7-16(3)10-22(19)25-21)23(28)26-9-5-6-17(4)13-26/h7-8,10-12,14-15,17H,5-6,9,13H2,1-4H3/t17-/m0/s1. The molecule has 5 heteroatoms. The molecule has 146 valence electrons. The van der Waals surface area contributed by atoms with Crippen molar-refractivity contribution < 1.29 is 4.79 Å². The Balaban J connectivity index is 1.82. The Kier molecular flexibility index (Phi) is 4.92. The molecule has 1 saturated heterocycles. The fourth-order valence-electron chi connectivity index (χ4n) is 3.96. The quantitative estimate of drug-likeness (QED) is 0.656. The van der Waals surface area contributed by atoms with E-state index < -0.39 is 0 Å². The lowest BCUT2D eigenvalue weighted by Crippen LogP contribution is -2.39. The second-order valence-electron chi connectivity index (χ2n) is 8.38. The highest BCUT2D eigenvalue weighted by atomic mass is 16.2. The van der Waals surface area contributed by atoms with Gasteiger partial charge in [0.25, 0.3) is 5.91 Å². The van der Waals surface area contributed by atoms with Crippen LogP contribution < -0.4 is 0 Å². The normalized spacial score (nSPS) is 17.5.